The van der Waals surface area contributed by atoms with Gasteiger partial charge in [0.15, 0.2) is 0 Å². The van der Waals surface area contributed by atoms with Crippen LogP contribution in [0.5, 0.6) is 0 Å². The lowest BCUT2D eigenvalue weighted by Gasteiger charge is -2.41. The quantitative estimate of drug-likeness (QED) is 0.523. The third kappa shape index (κ3) is 4.79. The Bertz CT molecular complexity index is 930. The van der Waals surface area contributed by atoms with E-state index in [2.05, 4.69) is 19.9 Å². The predicted molar refractivity (Wildman–Crippen MR) is 110 cm³/mol. The first-order chi connectivity index (χ1) is 15.0. The molecular formula is C21H25FN6O3. The fourth-order valence-electron chi connectivity index (χ4n) is 4.17. The van der Waals surface area contributed by atoms with Gasteiger partial charge in [0, 0.05) is 75.5 Å². The molecule has 0 radical (unpaired) electrons. The molecule has 2 aromatic heterocycles. The Hall–Kier alpha value is -3.14. The van der Waals surface area contributed by atoms with E-state index in [1.807, 2.05) is 4.90 Å². The number of hydrogen-bond donors (Lipinski definition) is 0. The van der Waals surface area contributed by atoms with Crippen molar-refractivity contribution in [2.45, 2.75) is 13.0 Å². The number of rotatable bonds is 4. The fraction of sp³-hybridized carbons (Fsp3) is 0.476. The van der Waals surface area contributed by atoms with Crippen LogP contribution in [0.1, 0.15) is 17.3 Å². The van der Waals surface area contributed by atoms with Crippen LogP contribution in [0, 0.1) is 11.9 Å². The molecule has 2 aliphatic rings. The van der Waals surface area contributed by atoms with E-state index in [0.29, 0.717) is 51.8 Å². The van der Waals surface area contributed by atoms with Crippen LogP contribution in [0.25, 0.3) is 0 Å². The number of nitrogens with zero attached hydrogens (tertiary/aromatic N) is 6. The van der Waals surface area contributed by atoms with Gasteiger partial charge < -0.3 is 14.5 Å². The number of aromatic nitrogens is 3. The molecule has 0 N–H and O–H groups in total. The van der Waals surface area contributed by atoms with Gasteiger partial charge in [-0.15, -0.1) is 0 Å². The summed E-state index contributed by atoms with van der Waals surface area (Å²) in [5.74, 6) is -0.947. The minimum Gasteiger partial charge on any atom is -0.466 e. The lowest BCUT2D eigenvalue weighted by molar-refractivity contribution is -0.148. The molecule has 0 saturated carbocycles. The number of pyridine rings is 1. The maximum absolute atomic E-state index is 13.5. The number of amides is 1. The van der Waals surface area contributed by atoms with Gasteiger partial charge >= 0.3 is 5.97 Å². The van der Waals surface area contributed by atoms with Gasteiger partial charge in [-0.3, -0.25) is 14.5 Å². The largest absolute Gasteiger partial charge is 0.466 e. The Morgan fingerprint density at radius 3 is 2.65 bits per heavy atom. The second-order valence-corrected chi connectivity index (χ2v) is 7.67. The topological polar surface area (TPSA) is 91.8 Å². The zero-order valence-electron chi connectivity index (χ0n) is 17.4. The van der Waals surface area contributed by atoms with Crippen molar-refractivity contribution < 1.29 is 18.7 Å². The number of carbonyl (C=O) groups is 2. The Morgan fingerprint density at radius 1 is 1.10 bits per heavy atom. The molecule has 2 aromatic rings. The number of anilines is 1. The van der Waals surface area contributed by atoms with E-state index in [1.54, 1.807) is 30.3 Å². The number of piperazine rings is 1. The van der Waals surface area contributed by atoms with Crippen molar-refractivity contribution in [2.24, 2.45) is 5.92 Å². The van der Waals surface area contributed by atoms with Gasteiger partial charge in [-0.1, -0.05) is 0 Å². The average Bonchev–Trinajstić information content (AvgIpc) is 2.98. The average molecular weight is 428 g/mol. The van der Waals surface area contributed by atoms with Crippen molar-refractivity contribution in [3.63, 3.8) is 0 Å². The van der Waals surface area contributed by atoms with Crippen LogP contribution >= 0.6 is 0 Å². The van der Waals surface area contributed by atoms with Crippen LogP contribution in [-0.4, -0.2) is 88.5 Å². The maximum Gasteiger partial charge on any atom is 0.312 e. The number of hydrogen-bond acceptors (Lipinski definition) is 8. The minimum atomic E-state index is -0.677. The van der Waals surface area contributed by atoms with Gasteiger partial charge in [0.05, 0.1) is 12.5 Å². The lowest BCUT2D eigenvalue weighted by atomic mass is 10.1. The standard InChI is InChI=1S/C21H25FN6O3/c1-2-31-20(30)16-11-26-8-9-27(19(29)15-4-7-23-18(22)10-15)13-17(26)14-28(12-16)21-24-5-3-6-25-21/h3-7,10,16-17H,2,8-9,11-14H2,1H3. The first kappa shape index (κ1) is 21.1. The molecule has 2 fully saturated rings. The molecule has 164 valence electrons. The summed E-state index contributed by atoms with van der Waals surface area (Å²) in [6, 6.07) is 4.40. The Morgan fingerprint density at radius 2 is 1.90 bits per heavy atom. The summed E-state index contributed by atoms with van der Waals surface area (Å²) in [4.78, 5) is 43.6. The molecule has 4 rings (SSSR count). The van der Waals surface area contributed by atoms with Crippen LogP contribution in [0.15, 0.2) is 36.8 Å². The molecule has 2 saturated heterocycles. The van der Waals surface area contributed by atoms with E-state index in [0.717, 1.165) is 6.07 Å². The molecule has 4 heterocycles. The highest BCUT2D eigenvalue weighted by Gasteiger charge is 2.38. The molecule has 0 spiro atoms. The third-order valence-corrected chi connectivity index (χ3v) is 5.65. The van der Waals surface area contributed by atoms with E-state index >= 15 is 0 Å². The minimum absolute atomic E-state index is 0.0207. The van der Waals surface area contributed by atoms with E-state index in [1.165, 1.54) is 12.3 Å². The third-order valence-electron chi connectivity index (χ3n) is 5.65. The number of fused-ring (bicyclic) bond motifs is 1. The monoisotopic (exact) mass is 428 g/mol. The first-order valence-corrected chi connectivity index (χ1v) is 10.4. The van der Waals surface area contributed by atoms with Gasteiger partial charge in [-0.2, -0.15) is 4.39 Å². The molecule has 2 unspecified atom stereocenters. The van der Waals surface area contributed by atoms with Gasteiger partial charge in [0.2, 0.25) is 11.9 Å². The van der Waals surface area contributed by atoms with E-state index in [4.69, 9.17) is 4.74 Å². The van der Waals surface area contributed by atoms with Crippen molar-refractivity contribution >= 4 is 17.8 Å². The summed E-state index contributed by atoms with van der Waals surface area (Å²) < 4.78 is 18.8. The van der Waals surface area contributed by atoms with Gasteiger partial charge in [0.1, 0.15) is 0 Å². The Balaban J connectivity index is 1.55. The van der Waals surface area contributed by atoms with Crippen molar-refractivity contribution in [1.82, 2.24) is 24.8 Å². The normalized spacial score (nSPS) is 21.9. The summed E-state index contributed by atoms with van der Waals surface area (Å²) in [5.41, 5.74) is 0.280. The smallest absolute Gasteiger partial charge is 0.312 e. The van der Waals surface area contributed by atoms with Crippen LogP contribution in [0.2, 0.25) is 0 Å². The molecular weight excluding hydrogens is 403 g/mol. The van der Waals surface area contributed by atoms with Crippen molar-refractivity contribution in [2.75, 3.05) is 50.8 Å². The van der Waals surface area contributed by atoms with Gasteiger partial charge in [-0.25, -0.2) is 15.0 Å². The summed E-state index contributed by atoms with van der Waals surface area (Å²) in [7, 11) is 0. The summed E-state index contributed by atoms with van der Waals surface area (Å²) >= 11 is 0. The highest BCUT2D eigenvalue weighted by Crippen LogP contribution is 2.23. The fourth-order valence-corrected chi connectivity index (χ4v) is 4.17. The number of halogens is 1. The zero-order chi connectivity index (χ0) is 21.8. The second-order valence-electron chi connectivity index (χ2n) is 7.67. The second kappa shape index (κ2) is 9.34. The Labute approximate surface area is 179 Å². The highest BCUT2D eigenvalue weighted by molar-refractivity contribution is 5.94. The number of esters is 1. The molecule has 10 heteroatoms. The predicted octanol–water partition coefficient (Wildman–Crippen LogP) is 0.837. The number of carbonyl (C=O) groups excluding carboxylic acids is 2. The molecule has 9 nitrogen and oxygen atoms in total. The zero-order valence-corrected chi connectivity index (χ0v) is 17.4. The molecule has 31 heavy (non-hydrogen) atoms. The molecule has 0 aliphatic carbocycles. The van der Waals surface area contributed by atoms with Crippen LogP contribution in [-0.2, 0) is 9.53 Å². The number of ether oxygens (including phenoxy) is 1. The molecule has 0 bridgehead atoms. The van der Waals surface area contributed by atoms with Crippen LogP contribution in [0.3, 0.4) is 0 Å². The Kier molecular flexibility index (Phi) is 6.36. The first-order valence-electron chi connectivity index (χ1n) is 10.4. The SMILES string of the molecule is CCOC(=O)C1CN(c2ncccn2)CC2CN(C(=O)c3ccnc(F)c3)CCN2C1. The lowest BCUT2D eigenvalue weighted by Crippen LogP contribution is -2.57. The van der Waals surface area contributed by atoms with Crippen LogP contribution in [0.4, 0.5) is 10.3 Å². The molecule has 0 aromatic carbocycles. The summed E-state index contributed by atoms with van der Waals surface area (Å²) in [6.07, 6.45) is 4.63. The van der Waals surface area contributed by atoms with E-state index in [-0.39, 0.29) is 29.4 Å². The van der Waals surface area contributed by atoms with Crippen LogP contribution < -0.4 is 4.90 Å². The molecule has 1 amide bonds. The van der Waals surface area contributed by atoms with Crippen molar-refractivity contribution in [3.8, 4) is 0 Å². The van der Waals surface area contributed by atoms with E-state index < -0.39 is 5.95 Å². The van der Waals surface area contributed by atoms with Gasteiger partial charge in [0.25, 0.3) is 5.91 Å². The van der Waals surface area contributed by atoms with E-state index in [9.17, 15) is 14.0 Å². The summed E-state index contributed by atoms with van der Waals surface area (Å²) in [6.45, 7) is 5.24. The van der Waals surface area contributed by atoms with Crippen molar-refractivity contribution in [1.29, 1.82) is 0 Å². The summed E-state index contributed by atoms with van der Waals surface area (Å²) in [5, 5.41) is 0. The molecule has 2 aliphatic heterocycles. The maximum atomic E-state index is 13.5. The highest BCUT2D eigenvalue weighted by atomic mass is 19.1. The van der Waals surface area contributed by atoms with Crippen molar-refractivity contribution in [3.05, 3.63) is 48.3 Å². The molecule has 2 atom stereocenters. The van der Waals surface area contributed by atoms with Gasteiger partial charge in [-0.05, 0) is 19.1 Å².